The van der Waals surface area contributed by atoms with Gasteiger partial charge in [-0.3, -0.25) is 0 Å². The molecule has 0 amide bonds. The van der Waals surface area contributed by atoms with Crippen LogP contribution < -0.4 is 10.1 Å². The molecular weight excluding hydrogens is 310 g/mol. The maximum absolute atomic E-state index is 5.70. The maximum Gasteiger partial charge on any atom is 0.230 e. The molecule has 0 saturated carbocycles. The number of fused-ring (bicyclic) bond motifs is 1. The second-order valence-corrected chi connectivity index (χ2v) is 5.30. The molecule has 0 bridgehead atoms. The van der Waals surface area contributed by atoms with Crippen LogP contribution in [0, 0.1) is 6.92 Å². The molecule has 1 aliphatic rings. The molecule has 1 N–H and O–H groups in total. The van der Waals surface area contributed by atoms with E-state index in [0.717, 1.165) is 22.2 Å². The fourth-order valence-corrected chi connectivity index (χ4v) is 2.71. The summed E-state index contributed by atoms with van der Waals surface area (Å²) in [6.07, 6.45) is 0.927. The molecule has 2 aromatic rings. The van der Waals surface area contributed by atoms with Crippen molar-refractivity contribution in [2.24, 2.45) is 0 Å². The van der Waals surface area contributed by atoms with Crippen LogP contribution in [0.1, 0.15) is 29.8 Å². The van der Waals surface area contributed by atoms with E-state index < -0.39 is 0 Å². The molecule has 1 aromatic heterocycles. The minimum absolute atomic E-state index is 0.244. The number of aromatic nitrogens is 2. The highest BCUT2D eigenvalue weighted by molar-refractivity contribution is 9.10. The molecule has 2 heterocycles. The minimum atomic E-state index is 0.244. The lowest BCUT2D eigenvalue weighted by Crippen LogP contribution is -2.27. The number of halogens is 1. The van der Waals surface area contributed by atoms with Crippen LogP contribution in [0.3, 0.4) is 0 Å². The largest absolute Gasteiger partial charge is 0.492 e. The third kappa shape index (κ3) is 2.64. The topological polar surface area (TPSA) is 60.2 Å². The van der Waals surface area contributed by atoms with E-state index >= 15 is 0 Å². The second-order valence-electron chi connectivity index (χ2n) is 4.44. The predicted molar refractivity (Wildman–Crippen MR) is 72.9 cm³/mol. The first-order valence-electron chi connectivity index (χ1n) is 6.17. The molecule has 1 aliphatic heterocycles. The minimum Gasteiger partial charge on any atom is -0.492 e. The first-order valence-corrected chi connectivity index (χ1v) is 6.97. The van der Waals surface area contributed by atoms with Crippen molar-refractivity contribution in [1.29, 1.82) is 0 Å². The molecule has 0 radical (unpaired) electrons. The van der Waals surface area contributed by atoms with Crippen LogP contribution in [-0.4, -0.2) is 16.8 Å². The summed E-state index contributed by atoms with van der Waals surface area (Å²) in [5.74, 6) is 2.13. The third-order valence-electron chi connectivity index (χ3n) is 3.09. The first kappa shape index (κ1) is 12.6. The van der Waals surface area contributed by atoms with Crippen molar-refractivity contribution in [2.45, 2.75) is 25.9 Å². The molecule has 0 spiro atoms. The number of benzene rings is 1. The maximum atomic E-state index is 5.70. The Balaban J connectivity index is 1.75. The molecule has 1 aromatic carbocycles. The van der Waals surface area contributed by atoms with Crippen molar-refractivity contribution in [3.8, 4) is 5.75 Å². The van der Waals surface area contributed by atoms with Gasteiger partial charge in [-0.15, -0.1) is 10.2 Å². The summed E-state index contributed by atoms with van der Waals surface area (Å²) in [4.78, 5) is 0. The zero-order valence-corrected chi connectivity index (χ0v) is 12.1. The standard InChI is InChI=1S/C13H14BrN3O2/c1-8-16-17-12(19-8)7-15-11-5-6-18-13-9(11)3-2-4-10(13)14/h2-4,11,15H,5-7H2,1H3/t11-/m0/s1. The molecule has 6 heteroatoms. The number of hydrogen-bond donors (Lipinski definition) is 1. The Kier molecular flexibility index (Phi) is 3.52. The quantitative estimate of drug-likeness (QED) is 0.941. The Morgan fingerprint density at radius 2 is 2.32 bits per heavy atom. The summed E-state index contributed by atoms with van der Waals surface area (Å²) in [6, 6.07) is 6.33. The van der Waals surface area contributed by atoms with Gasteiger partial charge < -0.3 is 14.5 Å². The summed E-state index contributed by atoms with van der Waals surface area (Å²) >= 11 is 3.52. The lowest BCUT2D eigenvalue weighted by atomic mass is 10.0. The molecule has 0 aliphatic carbocycles. The van der Waals surface area contributed by atoms with Crippen LogP contribution in [0.25, 0.3) is 0 Å². The molecule has 1 atom stereocenters. The average molecular weight is 324 g/mol. The Morgan fingerprint density at radius 1 is 1.42 bits per heavy atom. The van der Waals surface area contributed by atoms with Gasteiger partial charge in [-0.25, -0.2) is 0 Å². The van der Waals surface area contributed by atoms with E-state index in [1.54, 1.807) is 6.92 Å². The van der Waals surface area contributed by atoms with Crippen LogP contribution in [-0.2, 0) is 6.54 Å². The van der Waals surface area contributed by atoms with Crippen molar-refractivity contribution in [2.75, 3.05) is 6.61 Å². The highest BCUT2D eigenvalue weighted by Gasteiger charge is 2.23. The lowest BCUT2D eigenvalue weighted by molar-refractivity contribution is 0.247. The highest BCUT2D eigenvalue weighted by atomic mass is 79.9. The summed E-state index contributed by atoms with van der Waals surface area (Å²) in [5, 5.41) is 11.2. The number of rotatable bonds is 3. The van der Waals surface area contributed by atoms with Gasteiger partial charge in [-0.2, -0.15) is 0 Å². The SMILES string of the molecule is Cc1nnc(CN[C@H]2CCOc3c(Br)cccc32)o1. The van der Waals surface area contributed by atoms with Gasteiger partial charge in [0.25, 0.3) is 0 Å². The van der Waals surface area contributed by atoms with E-state index in [4.69, 9.17) is 9.15 Å². The smallest absolute Gasteiger partial charge is 0.230 e. The summed E-state index contributed by atoms with van der Waals surface area (Å²) in [7, 11) is 0. The summed E-state index contributed by atoms with van der Waals surface area (Å²) in [5.41, 5.74) is 1.16. The van der Waals surface area contributed by atoms with Gasteiger partial charge in [0.2, 0.25) is 11.8 Å². The average Bonchev–Trinajstić information content (AvgIpc) is 2.83. The van der Waals surface area contributed by atoms with Crippen LogP contribution in [0.2, 0.25) is 0 Å². The van der Waals surface area contributed by atoms with Gasteiger partial charge in [-0.05, 0) is 22.0 Å². The summed E-state index contributed by atoms with van der Waals surface area (Å²) < 4.78 is 12.1. The number of para-hydroxylation sites is 1. The Labute approximate surface area is 119 Å². The number of nitrogens with one attached hydrogen (secondary N) is 1. The van der Waals surface area contributed by atoms with Gasteiger partial charge in [0, 0.05) is 24.9 Å². The normalized spacial score (nSPS) is 17.9. The van der Waals surface area contributed by atoms with E-state index in [2.05, 4.69) is 37.5 Å². The first-order chi connectivity index (χ1) is 9.24. The predicted octanol–water partition coefficient (Wildman–Crippen LogP) is 2.75. The zero-order valence-electron chi connectivity index (χ0n) is 10.5. The van der Waals surface area contributed by atoms with Gasteiger partial charge in [0.05, 0.1) is 17.6 Å². The Bertz CT molecular complexity index is 585. The molecule has 0 fully saturated rings. The van der Waals surface area contributed by atoms with Gasteiger partial charge in [0.15, 0.2) is 0 Å². The number of ether oxygens (including phenoxy) is 1. The van der Waals surface area contributed by atoms with Crippen LogP contribution >= 0.6 is 15.9 Å². The number of nitrogens with zero attached hydrogens (tertiary/aromatic N) is 2. The van der Waals surface area contributed by atoms with Crippen molar-refractivity contribution < 1.29 is 9.15 Å². The van der Waals surface area contributed by atoms with Crippen molar-refractivity contribution >= 4 is 15.9 Å². The fraction of sp³-hybridized carbons (Fsp3) is 0.385. The van der Waals surface area contributed by atoms with E-state index in [9.17, 15) is 0 Å². The van der Waals surface area contributed by atoms with E-state index in [-0.39, 0.29) is 6.04 Å². The van der Waals surface area contributed by atoms with Crippen LogP contribution in [0.5, 0.6) is 5.75 Å². The lowest BCUT2D eigenvalue weighted by Gasteiger charge is -2.27. The van der Waals surface area contributed by atoms with Crippen LogP contribution in [0.4, 0.5) is 0 Å². The molecule has 0 unspecified atom stereocenters. The highest BCUT2D eigenvalue weighted by Crippen LogP contribution is 2.37. The van der Waals surface area contributed by atoms with E-state index in [1.165, 1.54) is 0 Å². The molecule has 3 rings (SSSR count). The fourth-order valence-electron chi connectivity index (χ4n) is 2.22. The zero-order chi connectivity index (χ0) is 13.2. The van der Waals surface area contributed by atoms with Crippen molar-refractivity contribution in [1.82, 2.24) is 15.5 Å². The van der Waals surface area contributed by atoms with Crippen molar-refractivity contribution in [3.63, 3.8) is 0 Å². The molecule has 5 nitrogen and oxygen atoms in total. The number of hydrogen-bond acceptors (Lipinski definition) is 5. The van der Waals surface area contributed by atoms with E-state index in [1.807, 2.05) is 12.1 Å². The van der Waals surface area contributed by atoms with Gasteiger partial charge in [0.1, 0.15) is 5.75 Å². The third-order valence-corrected chi connectivity index (χ3v) is 3.72. The van der Waals surface area contributed by atoms with E-state index in [0.29, 0.717) is 24.9 Å². The molecule has 100 valence electrons. The summed E-state index contributed by atoms with van der Waals surface area (Å²) in [6.45, 7) is 3.06. The monoisotopic (exact) mass is 323 g/mol. The Hall–Kier alpha value is -1.40. The Morgan fingerprint density at radius 3 is 3.11 bits per heavy atom. The van der Waals surface area contributed by atoms with Crippen molar-refractivity contribution in [3.05, 3.63) is 40.0 Å². The second kappa shape index (κ2) is 5.30. The van der Waals surface area contributed by atoms with Gasteiger partial charge >= 0.3 is 0 Å². The molecular formula is C13H14BrN3O2. The molecule has 19 heavy (non-hydrogen) atoms. The van der Waals surface area contributed by atoms with Gasteiger partial charge in [-0.1, -0.05) is 12.1 Å². The number of aryl methyl sites for hydroxylation is 1. The molecule has 0 saturated heterocycles. The van der Waals surface area contributed by atoms with Crippen LogP contribution in [0.15, 0.2) is 27.1 Å².